The predicted molar refractivity (Wildman–Crippen MR) is 76.4 cm³/mol. The summed E-state index contributed by atoms with van der Waals surface area (Å²) in [5, 5.41) is 25.1. The van der Waals surface area contributed by atoms with Crippen LogP contribution in [0.15, 0.2) is 0 Å². The highest BCUT2D eigenvalue weighted by atomic mass is 16.6. The zero-order chi connectivity index (χ0) is 15.7. The molecule has 2 heterocycles. The third kappa shape index (κ3) is 2.57. The number of aliphatic carboxylic acids is 1. The third-order valence-corrected chi connectivity index (χ3v) is 4.04. The van der Waals surface area contributed by atoms with Gasteiger partial charge in [-0.15, -0.1) is 0 Å². The Hall–Kier alpha value is -2.12. The number of carboxylic acids is 1. The minimum atomic E-state index is -0.948. The summed E-state index contributed by atoms with van der Waals surface area (Å²) in [5.74, 6) is -0.706. The maximum absolute atomic E-state index is 11.6. The molecule has 2 unspecified atom stereocenters. The number of hydrogen-bond acceptors (Lipinski definition) is 5. The monoisotopic (exact) mass is 296 g/mol. The fourth-order valence-electron chi connectivity index (χ4n) is 3.11. The van der Waals surface area contributed by atoms with E-state index in [1.54, 1.807) is 18.9 Å². The van der Waals surface area contributed by atoms with E-state index in [9.17, 15) is 20.0 Å². The van der Waals surface area contributed by atoms with Gasteiger partial charge in [0.2, 0.25) is 5.82 Å². The molecular weight excluding hydrogens is 276 g/mol. The highest BCUT2D eigenvalue weighted by Crippen LogP contribution is 2.37. The van der Waals surface area contributed by atoms with E-state index in [0.29, 0.717) is 24.5 Å². The first-order chi connectivity index (χ1) is 9.88. The van der Waals surface area contributed by atoms with Gasteiger partial charge in [0.05, 0.1) is 4.92 Å². The van der Waals surface area contributed by atoms with Gasteiger partial charge >= 0.3 is 11.7 Å². The standard InChI is InChI=1S/C13H20N4O4/c1-4-9-11(17(20)21)12(15(3)14-9)16-7-5-6-8(2)10(16)13(18)19/h8,10H,4-7H2,1-3H3,(H,18,19). The molecule has 0 aliphatic carbocycles. The van der Waals surface area contributed by atoms with Crippen LogP contribution in [0.3, 0.4) is 0 Å². The molecule has 1 N–H and O–H groups in total. The summed E-state index contributed by atoms with van der Waals surface area (Å²) in [6.45, 7) is 4.16. The Kier molecular flexibility index (Phi) is 4.15. The smallest absolute Gasteiger partial charge is 0.334 e. The highest BCUT2D eigenvalue weighted by molar-refractivity contribution is 5.80. The molecule has 2 rings (SSSR count). The zero-order valence-corrected chi connectivity index (χ0v) is 12.4. The van der Waals surface area contributed by atoms with E-state index in [1.807, 2.05) is 6.92 Å². The third-order valence-electron chi connectivity index (χ3n) is 4.04. The molecule has 0 amide bonds. The van der Waals surface area contributed by atoms with Crippen molar-refractivity contribution >= 4 is 17.5 Å². The molecule has 1 fully saturated rings. The highest BCUT2D eigenvalue weighted by Gasteiger charge is 2.40. The first-order valence-corrected chi connectivity index (χ1v) is 7.08. The maximum atomic E-state index is 11.6. The predicted octanol–water partition coefficient (Wildman–Crippen LogP) is 1.58. The van der Waals surface area contributed by atoms with Gasteiger partial charge in [0.25, 0.3) is 0 Å². The summed E-state index contributed by atoms with van der Waals surface area (Å²) >= 11 is 0. The second kappa shape index (κ2) is 5.71. The van der Waals surface area contributed by atoms with Gasteiger partial charge in [-0.3, -0.25) is 10.1 Å². The van der Waals surface area contributed by atoms with Crippen LogP contribution in [0.2, 0.25) is 0 Å². The van der Waals surface area contributed by atoms with E-state index in [1.165, 1.54) is 4.68 Å². The lowest BCUT2D eigenvalue weighted by Crippen LogP contribution is -2.50. The number of aromatic nitrogens is 2. The van der Waals surface area contributed by atoms with Crippen LogP contribution in [0.4, 0.5) is 11.5 Å². The molecule has 116 valence electrons. The first kappa shape index (κ1) is 15.3. The van der Waals surface area contributed by atoms with Crippen LogP contribution in [-0.4, -0.2) is 38.4 Å². The number of hydrogen-bond donors (Lipinski definition) is 1. The minimum Gasteiger partial charge on any atom is -0.480 e. The first-order valence-electron chi connectivity index (χ1n) is 7.08. The van der Waals surface area contributed by atoms with Crippen LogP contribution in [0.25, 0.3) is 0 Å². The van der Waals surface area contributed by atoms with Gasteiger partial charge in [0.1, 0.15) is 11.7 Å². The van der Waals surface area contributed by atoms with Gasteiger partial charge in [-0.2, -0.15) is 5.10 Å². The van der Waals surface area contributed by atoms with Crippen molar-refractivity contribution in [3.63, 3.8) is 0 Å². The van der Waals surface area contributed by atoms with Crippen LogP contribution in [0.1, 0.15) is 32.4 Å². The van der Waals surface area contributed by atoms with Gasteiger partial charge in [0.15, 0.2) is 0 Å². The molecule has 1 aliphatic heterocycles. The van der Waals surface area contributed by atoms with E-state index in [4.69, 9.17) is 0 Å². The lowest BCUT2D eigenvalue weighted by molar-refractivity contribution is -0.384. The Morgan fingerprint density at radius 3 is 2.76 bits per heavy atom. The SMILES string of the molecule is CCc1nn(C)c(N2CCCC(C)C2C(=O)O)c1[N+](=O)[O-]. The largest absolute Gasteiger partial charge is 0.480 e. The van der Waals surface area contributed by atoms with Crippen molar-refractivity contribution in [1.82, 2.24) is 9.78 Å². The van der Waals surface area contributed by atoms with E-state index < -0.39 is 16.9 Å². The average molecular weight is 296 g/mol. The average Bonchev–Trinajstić information content (AvgIpc) is 2.74. The van der Waals surface area contributed by atoms with Gasteiger partial charge in [-0.25, -0.2) is 9.48 Å². The maximum Gasteiger partial charge on any atom is 0.334 e. The van der Waals surface area contributed by atoms with Crippen LogP contribution in [0.5, 0.6) is 0 Å². The minimum absolute atomic E-state index is 0.0594. The number of carbonyl (C=O) groups is 1. The van der Waals surface area contributed by atoms with Crippen molar-refractivity contribution < 1.29 is 14.8 Å². The topological polar surface area (TPSA) is 102 Å². The molecule has 0 bridgehead atoms. The Bertz CT molecular complexity index is 569. The quantitative estimate of drug-likeness (QED) is 0.668. The van der Waals surface area contributed by atoms with Crippen LogP contribution < -0.4 is 4.90 Å². The van der Waals surface area contributed by atoms with Crippen molar-refractivity contribution in [1.29, 1.82) is 0 Å². The van der Waals surface area contributed by atoms with Crippen LogP contribution in [0, 0.1) is 16.0 Å². The molecule has 0 radical (unpaired) electrons. The lowest BCUT2D eigenvalue weighted by atomic mass is 9.90. The summed E-state index contributed by atoms with van der Waals surface area (Å²) in [6, 6.07) is -0.752. The number of rotatable bonds is 4. The molecule has 1 aromatic heterocycles. The summed E-state index contributed by atoms with van der Waals surface area (Å²) < 4.78 is 1.44. The van der Waals surface area contributed by atoms with Crippen molar-refractivity contribution in [3.8, 4) is 0 Å². The van der Waals surface area contributed by atoms with Crippen LogP contribution >= 0.6 is 0 Å². The molecule has 8 nitrogen and oxygen atoms in total. The number of piperidine rings is 1. The Morgan fingerprint density at radius 2 is 2.24 bits per heavy atom. The van der Waals surface area contributed by atoms with E-state index in [-0.39, 0.29) is 11.6 Å². The molecule has 0 spiro atoms. The number of aryl methyl sites for hydroxylation is 2. The summed E-state index contributed by atoms with van der Waals surface area (Å²) in [4.78, 5) is 24.1. The van der Waals surface area contributed by atoms with E-state index in [2.05, 4.69) is 5.10 Å². The molecule has 2 atom stereocenters. The van der Waals surface area contributed by atoms with Crippen molar-refractivity contribution in [3.05, 3.63) is 15.8 Å². The molecule has 1 aromatic rings. The molecule has 0 aromatic carbocycles. The number of anilines is 1. The second-order valence-corrected chi connectivity index (χ2v) is 5.45. The van der Waals surface area contributed by atoms with Gasteiger partial charge in [0, 0.05) is 13.6 Å². The molecule has 8 heteroatoms. The fourth-order valence-corrected chi connectivity index (χ4v) is 3.11. The van der Waals surface area contributed by atoms with Crippen molar-refractivity contribution in [2.45, 2.75) is 39.2 Å². The second-order valence-electron chi connectivity index (χ2n) is 5.45. The van der Waals surface area contributed by atoms with E-state index in [0.717, 1.165) is 12.8 Å². The van der Waals surface area contributed by atoms with Gasteiger partial charge in [-0.1, -0.05) is 13.8 Å². The zero-order valence-electron chi connectivity index (χ0n) is 12.4. The lowest BCUT2D eigenvalue weighted by Gasteiger charge is -2.37. The van der Waals surface area contributed by atoms with Crippen molar-refractivity contribution in [2.24, 2.45) is 13.0 Å². The fraction of sp³-hybridized carbons (Fsp3) is 0.692. The Labute approximate surface area is 122 Å². The Morgan fingerprint density at radius 1 is 1.57 bits per heavy atom. The number of nitro groups is 1. The number of nitrogens with zero attached hydrogens (tertiary/aromatic N) is 4. The summed E-state index contributed by atoms with van der Waals surface area (Å²) in [5.41, 5.74) is 0.320. The molecule has 21 heavy (non-hydrogen) atoms. The molecule has 1 aliphatic rings. The van der Waals surface area contributed by atoms with Gasteiger partial charge in [-0.05, 0) is 25.2 Å². The molecule has 0 saturated carbocycles. The van der Waals surface area contributed by atoms with Gasteiger partial charge < -0.3 is 10.0 Å². The molecule has 1 saturated heterocycles. The van der Waals surface area contributed by atoms with E-state index >= 15 is 0 Å². The Balaban J connectivity index is 2.56. The molecular formula is C13H20N4O4. The normalized spacial score (nSPS) is 22.3. The number of carboxylic acid groups (broad SMARTS) is 1. The summed E-state index contributed by atoms with van der Waals surface area (Å²) in [6.07, 6.45) is 2.06. The van der Waals surface area contributed by atoms with Crippen LogP contribution in [-0.2, 0) is 18.3 Å². The summed E-state index contributed by atoms with van der Waals surface area (Å²) in [7, 11) is 1.62. The van der Waals surface area contributed by atoms with Crippen molar-refractivity contribution in [2.75, 3.05) is 11.4 Å².